The molecule has 5 N–H and O–H groups in total. The minimum atomic E-state index is -0.428. The van der Waals surface area contributed by atoms with Crippen LogP contribution in [0, 0.1) is 0 Å². The van der Waals surface area contributed by atoms with Crippen molar-refractivity contribution < 1.29 is 4.79 Å². The number of amides is 1. The third-order valence-electron chi connectivity index (χ3n) is 2.56. The van der Waals surface area contributed by atoms with E-state index in [1.807, 2.05) is 0 Å². The van der Waals surface area contributed by atoms with Crippen molar-refractivity contribution in [2.24, 2.45) is 5.73 Å². The van der Waals surface area contributed by atoms with Gasteiger partial charge in [-0.3, -0.25) is 26.1 Å². The summed E-state index contributed by atoms with van der Waals surface area (Å²) in [6.45, 7) is 3.70. The van der Waals surface area contributed by atoms with E-state index in [-0.39, 0.29) is 18.1 Å². The molecule has 3 unspecified atom stereocenters. The number of rotatable bonds is 1. The summed E-state index contributed by atoms with van der Waals surface area (Å²) in [6.07, 6.45) is -0.392. The Kier molecular flexibility index (Phi) is 2.20. The lowest BCUT2D eigenvalue weighted by atomic mass is 10.2. The molecule has 6 nitrogen and oxygen atoms in total. The van der Waals surface area contributed by atoms with Crippen molar-refractivity contribution in [2.75, 3.05) is 13.2 Å². The van der Waals surface area contributed by atoms with Gasteiger partial charge in [-0.15, -0.1) is 0 Å². The average molecular weight is 185 g/mol. The van der Waals surface area contributed by atoms with Gasteiger partial charge >= 0.3 is 0 Å². The van der Waals surface area contributed by atoms with Gasteiger partial charge in [0.05, 0.1) is 12.8 Å². The van der Waals surface area contributed by atoms with E-state index in [0.717, 1.165) is 13.2 Å². The van der Waals surface area contributed by atoms with Crippen molar-refractivity contribution in [3.05, 3.63) is 0 Å². The standard InChI is InChI=1S/C7H15N5O/c1-2-12-3-9-4-5(12)10-7(8)11-6(4)13/h4-5,7,9-10H,2-3,8H2,1H3,(H,11,13). The maximum atomic E-state index is 11.4. The summed E-state index contributed by atoms with van der Waals surface area (Å²) in [5, 5.41) is 8.88. The van der Waals surface area contributed by atoms with Crippen LogP contribution in [0.1, 0.15) is 6.92 Å². The van der Waals surface area contributed by atoms with E-state index >= 15 is 0 Å². The Bertz CT molecular complexity index is 221. The molecule has 0 spiro atoms. The van der Waals surface area contributed by atoms with Gasteiger partial charge in [0.1, 0.15) is 12.3 Å². The second-order valence-electron chi connectivity index (χ2n) is 3.34. The Morgan fingerprint density at radius 1 is 1.69 bits per heavy atom. The minimum absolute atomic E-state index is 0.0211. The molecular formula is C7H15N5O. The van der Waals surface area contributed by atoms with Gasteiger partial charge in [-0.1, -0.05) is 6.92 Å². The van der Waals surface area contributed by atoms with Gasteiger partial charge in [-0.25, -0.2) is 0 Å². The van der Waals surface area contributed by atoms with E-state index in [2.05, 4.69) is 27.8 Å². The van der Waals surface area contributed by atoms with E-state index in [1.165, 1.54) is 0 Å². The molecule has 0 aromatic rings. The van der Waals surface area contributed by atoms with Crippen molar-refractivity contribution in [3.63, 3.8) is 0 Å². The highest BCUT2D eigenvalue weighted by atomic mass is 16.2. The van der Waals surface area contributed by atoms with Crippen molar-refractivity contribution in [1.29, 1.82) is 0 Å². The normalized spacial score (nSPS) is 40.2. The van der Waals surface area contributed by atoms with E-state index < -0.39 is 6.29 Å². The third kappa shape index (κ3) is 1.42. The second-order valence-corrected chi connectivity index (χ2v) is 3.34. The van der Waals surface area contributed by atoms with Crippen LogP contribution in [-0.4, -0.2) is 42.5 Å². The molecule has 1 amide bonds. The minimum Gasteiger partial charge on any atom is -0.327 e. The SMILES string of the molecule is CCN1CNC2C(=O)NC(N)NC21. The molecule has 3 atom stereocenters. The third-order valence-corrected chi connectivity index (χ3v) is 2.56. The number of nitrogens with one attached hydrogen (secondary N) is 3. The van der Waals surface area contributed by atoms with Gasteiger partial charge in [0.2, 0.25) is 5.91 Å². The van der Waals surface area contributed by atoms with Gasteiger partial charge in [0.25, 0.3) is 0 Å². The Morgan fingerprint density at radius 2 is 2.46 bits per heavy atom. The molecule has 0 bridgehead atoms. The fourth-order valence-electron chi connectivity index (χ4n) is 1.85. The lowest BCUT2D eigenvalue weighted by Crippen LogP contribution is -2.69. The second kappa shape index (κ2) is 3.22. The van der Waals surface area contributed by atoms with Gasteiger partial charge in [0, 0.05) is 0 Å². The largest absolute Gasteiger partial charge is 0.327 e. The van der Waals surface area contributed by atoms with Crippen LogP contribution in [0.3, 0.4) is 0 Å². The van der Waals surface area contributed by atoms with Crippen LogP contribution in [0.2, 0.25) is 0 Å². The van der Waals surface area contributed by atoms with Crippen molar-refractivity contribution in [1.82, 2.24) is 20.9 Å². The first-order valence-corrected chi connectivity index (χ1v) is 4.52. The number of nitrogens with two attached hydrogens (primary N) is 1. The predicted molar refractivity (Wildman–Crippen MR) is 47.2 cm³/mol. The topological polar surface area (TPSA) is 82.4 Å². The van der Waals surface area contributed by atoms with Gasteiger partial charge in [-0.05, 0) is 6.54 Å². The first kappa shape index (κ1) is 8.89. The van der Waals surface area contributed by atoms with Crippen LogP contribution >= 0.6 is 0 Å². The Labute approximate surface area is 76.8 Å². The number of carbonyl (C=O) groups excluding carboxylic acids is 1. The molecule has 74 valence electrons. The highest BCUT2D eigenvalue weighted by Gasteiger charge is 2.41. The van der Waals surface area contributed by atoms with Crippen molar-refractivity contribution in [3.8, 4) is 0 Å². The Hall–Kier alpha value is -0.690. The smallest absolute Gasteiger partial charge is 0.242 e. The molecule has 0 aliphatic carbocycles. The molecule has 2 heterocycles. The number of carbonyl (C=O) groups is 1. The van der Waals surface area contributed by atoms with Crippen LogP contribution < -0.4 is 21.7 Å². The van der Waals surface area contributed by atoms with Gasteiger partial charge in [0.15, 0.2) is 0 Å². The monoisotopic (exact) mass is 185 g/mol. The molecule has 2 rings (SSSR count). The molecule has 0 radical (unpaired) electrons. The number of hydrogen-bond donors (Lipinski definition) is 4. The molecule has 6 heteroatoms. The van der Waals surface area contributed by atoms with E-state index in [9.17, 15) is 4.79 Å². The van der Waals surface area contributed by atoms with Gasteiger partial charge in [-0.2, -0.15) is 0 Å². The molecule has 2 saturated heterocycles. The van der Waals surface area contributed by atoms with Crippen LogP contribution in [0.15, 0.2) is 0 Å². The molecule has 2 fully saturated rings. The van der Waals surface area contributed by atoms with E-state index in [0.29, 0.717) is 0 Å². The van der Waals surface area contributed by atoms with Crippen molar-refractivity contribution in [2.45, 2.75) is 25.4 Å². The fraction of sp³-hybridized carbons (Fsp3) is 0.857. The highest BCUT2D eigenvalue weighted by molar-refractivity contribution is 5.83. The molecule has 0 aromatic heterocycles. The summed E-state index contributed by atoms with van der Waals surface area (Å²) in [6, 6.07) is -0.167. The summed E-state index contributed by atoms with van der Waals surface area (Å²) < 4.78 is 0. The van der Waals surface area contributed by atoms with Crippen LogP contribution in [0.5, 0.6) is 0 Å². The summed E-state index contributed by atoms with van der Waals surface area (Å²) in [7, 11) is 0. The zero-order chi connectivity index (χ0) is 9.42. The molecule has 0 saturated carbocycles. The fourth-order valence-corrected chi connectivity index (χ4v) is 1.85. The van der Waals surface area contributed by atoms with Crippen molar-refractivity contribution >= 4 is 5.91 Å². The Morgan fingerprint density at radius 3 is 3.15 bits per heavy atom. The summed E-state index contributed by atoms with van der Waals surface area (Å²) in [4.78, 5) is 13.6. The number of nitrogens with zero attached hydrogens (tertiary/aromatic N) is 1. The first-order valence-electron chi connectivity index (χ1n) is 4.52. The maximum absolute atomic E-state index is 11.4. The van der Waals surface area contributed by atoms with Crippen LogP contribution in [0.4, 0.5) is 0 Å². The lowest BCUT2D eigenvalue weighted by Gasteiger charge is -2.34. The quantitative estimate of drug-likeness (QED) is 0.364. The number of likely N-dealkylation sites (N-methyl/N-ethyl adjacent to an activating group) is 1. The predicted octanol–water partition coefficient (Wildman–Crippen LogP) is -2.47. The van der Waals surface area contributed by atoms with Gasteiger partial charge < -0.3 is 5.32 Å². The molecule has 2 aliphatic heterocycles. The number of fused-ring (bicyclic) bond motifs is 1. The molecular weight excluding hydrogens is 170 g/mol. The zero-order valence-corrected chi connectivity index (χ0v) is 7.58. The number of hydrogen-bond acceptors (Lipinski definition) is 5. The van der Waals surface area contributed by atoms with Crippen LogP contribution in [-0.2, 0) is 4.79 Å². The summed E-state index contributed by atoms with van der Waals surface area (Å²) >= 11 is 0. The van der Waals surface area contributed by atoms with E-state index in [1.54, 1.807) is 0 Å². The zero-order valence-electron chi connectivity index (χ0n) is 7.58. The van der Waals surface area contributed by atoms with Crippen LogP contribution in [0.25, 0.3) is 0 Å². The van der Waals surface area contributed by atoms with E-state index in [4.69, 9.17) is 5.73 Å². The Balaban J connectivity index is 2.11. The summed E-state index contributed by atoms with van der Waals surface area (Å²) in [5.41, 5.74) is 5.60. The maximum Gasteiger partial charge on any atom is 0.242 e. The molecule has 13 heavy (non-hydrogen) atoms. The summed E-state index contributed by atoms with van der Waals surface area (Å²) in [5.74, 6) is -0.0211. The first-order chi connectivity index (χ1) is 6.22. The molecule has 0 aromatic carbocycles. The lowest BCUT2D eigenvalue weighted by molar-refractivity contribution is -0.127. The highest BCUT2D eigenvalue weighted by Crippen LogP contribution is 2.11. The molecule has 2 aliphatic rings. The average Bonchev–Trinajstić information content (AvgIpc) is 2.47.